The van der Waals surface area contributed by atoms with E-state index in [1.54, 1.807) is 0 Å². The first-order chi connectivity index (χ1) is 16.2. The maximum Gasteiger partial charge on any atom is 0.246 e. The minimum Gasteiger partial charge on any atom is -0.368 e. The minimum absolute atomic E-state index is 0.0323. The third-order valence-corrected chi connectivity index (χ3v) is 9.08. The van der Waals surface area contributed by atoms with Crippen LogP contribution in [0, 0.1) is 5.92 Å². The molecule has 4 saturated carbocycles. The molecule has 5 unspecified atom stereocenters. The quantitative estimate of drug-likeness (QED) is 0.446. The lowest BCUT2D eigenvalue weighted by molar-refractivity contribution is -0.134. The highest BCUT2D eigenvalue weighted by molar-refractivity contribution is 6.21. The highest BCUT2D eigenvalue weighted by Gasteiger charge is 2.50. The van der Waals surface area contributed by atoms with Crippen molar-refractivity contribution in [3.8, 4) is 0 Å². The van der Waals surface area contributed by atoms with Crippen molar-refractivity contribution in [2.24, 2.45) is 5.92 Å². The first-order valence-corrected chi connectivity index (χ1v) is 13.5. The van der Waals surface area contributed by atoms with Crippen LogP contribution in [0.25, 0.3) is 0 Å². The van der Waals surface area contributed by atoms with Gasteiger partial charge in [0.1, 0.15) is 12.8 Å². The van der Waals surface area contributed by atoms with E-state index >= 15 is 0 Å². The van der Waals surface area contributed by atoms with Gasteiger partial charge in [0.25, 0.3) is 0 Å². The van der Waals surface area contributed by atoms with Gasteiger partial charge in [-0.15, -0.1) is 11.6 Å². The summed E-state index contributed by atoms with van der Waals surface area (Å²) in [5.74, 6) is 0.557. The van der Waals surface area contributed by atoms with Gasteiger partial charge in [-0.3, -0.25) is 9.59 Å². The van der Waals surface area contributed by atoms with Crippen molar-refractivity contribution in [3.05, 3.63) is 0 Å². The second-order valence-corrected chi connectivity index (χ2v) is 12.1. The van der Waals surface area contributed by atoms with Crippen LogP contribution in [-0.4, -0.2) is 85.3 Å². The Balaban J connectivity index is 1.21. The number of rotatable bonds is 8. The number of piperidine rings is 1. The smallest absolute Gasteiger partial charge is 0.246 e. The van der Waals surface area contributed by atoms with Crippen LogP contribution in [-0.2, 0) is 14.3 Å². The Labute approximate surface area is 208 Å². The number of carbonyl (C=O) groups is 2. The summed E-state index contributed by atoms with van der Waals surface area (Å²) in [7, 11) is 4.17. The van der Waals surface area contributed by atoms with Crippen LogP contribution in [0.15, 0.2) is 0 Å². The van der Waals surface area contributed by atoms with Crippen molar-refractivity contribution < 1.29 is 18.7 Å². The lowest BCUT2D eigenvalue weighted by Gasteiger charge is -2.54. The molecular formula is C25H42ClFN4O3. The van der Waals surface area contributed by atoms with Gasteiger partial charge >= 0.3 is 0 Å². The van der Waals surface area contributed by atoms with Gasteiger partial charge in [0.15, 0.2) is 0 Å². The van der Waals surface area contributed by atoms with Crippen molar-refractivity contribution in [3.63, 3.8) is 0 Å². The highest BCUT2D eigenvalue weighted by atomic mass is 35.5. The van der Waals surface area contributed by atoms with E-state index in [9.17, 15) is 14.0 Å². The summed E-state index contributed by atoms with van der Waals surface area (Å²) in [5, 5.41) is 9.61. The van der Waals surface area contributed by atoms with Crippen molar-refractivity contribution in [1.82, 2.24) is 20.9 Å². The number of halogens is 2. The molecule has 5 atom stereocenters. The standard InChI is InChI=1S/C25H42ClFN4O3/c1-31(2)15-17-5-12-28-21(13-17)23(33)30-25-9-6-24(7-10-25,8-11-25)29-22(32)16-34-18-3-4-19(26)20(27)14-18/h17-21,28H,3-16H2,1-2H3,(H,29,32)(H,30,33). The van der Waals surface area contributed by atoms with Gasteiger partial charge in [0, 0.05) is 24.0 Å². The van der Waals surface area contributed by atoms with E-state index in [1.165, 1.54) is 0 Å². The van der Waals surface area contributed by atoms with Crippen LogP contribution < -0.4 is 16.0 Å². The number of carbonyl (C=O) groups excluding carboxylic acids is 2. The molecular weight excluding hydrogens is 459 g/mol. The van der Waals surface area contributed by atoms with E-state index in [4.69, 9.17) is 16.3 Å². The normalized spacial score (nSPS) is 40.2. The minimum atomic E-state index is -1.07. The van der Waals surface area contributed by atoms with E-state index < -0.39 is 11.5 Å². The molecule has 0 aromatic rings. The topological polar surface area (TPSA) is 82.7 Å². The molecule has 2 amide bonds. The van der Waals surface area contributed by atoms with Crippen LogP contribution in [0.2, 0.25) is 0 Å². The Morgan fingerprint density at radius 3 is 2.29 bits per heavy atom. The molecule has 1 saturated heterocycles. The highest BCUT2D eigenvalue weighted by Crippen LogP contribution is 2.47. The maximum absolute atomic E-state index is 13.8. The van der Waals surface area contributed by atoms with Crippen LogP contribution in [0.1, 0.15) is 70.6 Å². The zero-order valence-electron chi connectivity index (χ0n) is 20.7. The third-order valence-electron chi connectivity index (χ3n) is 8.59. The molecule has 194 valence electrons. The molecule has 7 nitrogen and oxygen atoms in total. The number of nitrogens with one attached hydrogen (secondary N) is 3. The van der Waals surface area contributed by atoms with Gasteiger partial charge < -0.3 is 25.6 Å². The van der Waals surface area contributed by atoms with E-state index in [0.717, 1.165) is 64.5 Å². The Morgan fingerprint density at radius 2 is 1.68 bits per heavy atom. The molecule has 2 bridgehead atoms. The van der Waals surface area contributed by atoms with E-state index in [1.807, 2.05) is 0 Å². The largest absolute Gasteiger partial charge is 0.368 e. The molecule has 0 aromatic heterocycles. The van der Waals surface area contributed by atoms with Gasteiger partial charge in [-0.25, -0.2) is 4.39 Å². The summed E-state index contributed by atoms with van der Waals surface area (Å²) in [6, 6.07) is -0.115. The molecule has 4 aliphatic carbocycles. The van der Waals surface area contributed by atoms with Crippen molar-refractivity contribution in [2.45, 2.75) is 105 Å². The number of amides is 2. The summed E-state index contributed by atoms with van der Waals surface area (Å²) in [5.41, 5.74) is -0.351. The number of hydrogen-bond acceptors (Lipinski definition) is 5. The van der Waals surface area contributed by atoms with Gasteiger partial charge in [0.05, 0.1) is 17.5 Å². The summed E-state index contributed by atoms with van der Waals surface area (Å²) in [6.07, 6.45) is 7.49. The van der Waals surface area contributed by atoms with E-state index in [-0.39, 0.29) is 48.1 Å². The van der Waals surface area contributed by atoms with E-state index in [2.05, 4.69) is 34.9 Å². The fourth-order valence-electron chi connectivity index (χ4n) is 6.51. The Bertz CT molecular complexity index is 714. The summed E-state index contributed by atoms with van der Waals surface area (Å²) in [6.45, 7) is 1.88. The van der Waals surface area contributed by atoms with Gasteiger partial charge in [-0.1, -0.05) is 0 Å². The summed E-state index contributed by atoms with van der Waals surface area (Å²) >= 11 is 5.94. The molecule has 9 heteroatoms. The third kappa shape index (κ3) is 6.42. The second kappa shape index (κ2) is 11.0. The number of hydrogen-bond donors (Lipinski definition) is 3. The SMILES string of the molecule is CN(C)CC1CCNC(C(=O)NC23CCC(NC(=O)COC4CCC(Cl)C(F)C4)(CC2)CC3)C1. The van der Waals surface area contributed by atoms with Crippen molar-refractivity contribution in [2.75, 3.05) is 33.8 Å². The Kier molecular flexibility index (Phi) is 8.43. The zero-order valence-corrected chi connectivity index (χ0v) is 21.5. The Morgan fingerprint density at radius 1 is 1.03 bits per heavy atom. The molecule has 0 spiro atoms. The average molecular weight is 501 g/mol. The molecule has 0 radical (unpaired) electrons. The zero-order chi connectivity index (χ0) is 24.3. The molecule has 1 heterocycles. The first kappa shape index (κ1) is 26.1. The van der Waals surface area contributed by atoms with Gasteiger partial charge in [-0.2, -0.15) is 0 Å². The lowest BCUT2D eigenvalue weighted by Crippen LogP contribution is -2.65. The average Bonchev–Trinajstić information content (AvgIpc) is 2.81. The number of ether oxygens (including phenoxy) is 1. The van der Waals surface area contributed by atoms with Crippen LogP contribution in [0.5, 0.6) is 0 Å². The van der Waals surface area contributed by atoms with Crippen LogP contribution >= 0.6 is 11.6 Å². The summed E-state index contributed by atoms with van der Waals surface area (Å²) in [4.78, 5) is 27.9. The fourth-order valence-corrected chi connectivity index (χ4v) is 6.74. The van der Waals surface area contributed by atoms with Crippen molar-refractivity contribution >= 4 is 23.4 Å². The predicted octanol–water partition coefficient (Wildman–Crippen LogP) is 2.51. The number of fused-ring (bicyclic) bond motifs is 3. The fraction of sp³-hybridized carbons (Fsp3) is 0.920. The first-order valence-electron chi connectivity index (χ1n) is 13.1. The van der Waals surface area contributed by atoms with Gasteiger partial charge in [-0.05, 0) is 90.8 Å². The molecule has 5 fully saturated rings. The Hall–Kier alpha value is -0.960. The number of nitrogens with zero attached hydrogens (tertiary/aromatic N) is 1. The summed E-state index contributed by atoms with van der Waals surface area (Å²) < 4.78 is 19.5. The molecule has 3 N–H and O–H groups in total. The molecule has 34 heavy (non-hydrogen) atoms. The number of alkyl halides is 2. The molecule has 5 rings (SSSR count). The molecule has 0 aromatic carbocycles. The molecule has 5 aliphatic rings. The van der Waals surface area contributed by atoms with Crippen LogP contribution in [0.4, 0.5) is 4.39 Å². The predicted molar refractivity (Wildman–Crippen MR) is 131 cm³/mol. The van der Waals surface area contributed by atoms with Crippen molar-refractivity contribution in [1.29, 1.82) is 0 Å². The monoisotopic (exact) mass is 500 g/mol. The van der Waals surface area contributed by atoms with Crippen LogP contribution in [0.3, 0.4) is 0 Å². The lowest BCUT2D eigenvalue weighted by atomic mass is 9.61. The van der Waals surface area contributed by atoms with E-state index in [0.29, 0.717) is 18.8 Å². The molecule has 1 aliphatic heterocycles. The maximum atomic E-state index is 13.8. The second-order valence-electron chi connectivity index (χ2n) is 11.5. The van der Waals surface area contributed by atoms with Gasteiger partial charge in [0.2, 0.25) is 11.8 Å².